The first-order chi connectivity index (χ1) is 11.8. The first-order valence-corrected chi connectivity index (χ1v) is 9.36. The summed E-state index contributed by atoms with van der Waals surface area (Å²) in [6, 6.07) is -0.696. The number of hydrogen-bond donors (Lipinski definition) is 2. The lowest BCUT2D eigenvalue weighted by Crippen LogP contribution is -2.67. The van der Waals surface area contributed by atoms with Crippen LogP contribution in [0.1, 0.15) is 38.5 Å². The number of Topliss-reactive ketones (excluding diaryl/α,β-unsaturated/α-hetero) is 1. The molecule has 1 spiro atoms. The van der Waals surface area contributed by atoms with Crippen molar-refractivity contribution >= 4 is 5.78 Å². The summed E-state index contributed by atoms with van der Waals surface area (Å²) in [4.78, 5) is 14.5. The molecule has 3 saturated heterocycles. The van der Waals surface area contributed by atoms with Crippen LogP contribution in [0.5, 0.6) is 0 Å². The summed E-state index contributed by atoms with van der Waals surface area (Å²) in [6.07, 6.45) is -1.37. The van der Waals surface area contributed by atoms with Crippen LogP contribution in [0.4, 0.5) is 13.2 Å². The fourth-order valence-electron chi connectivity index (χ4n) is 5.86. The van der Waals surface area contributed by atoms with E-state index in [0.717, 1.165) is 38.9 Å². The molecule has 0 aromatic rings. The van der Waals surface area contributed by atoms with Crippen molar-refractivity contribution < 1.29 is 18.0 Å². The maximum Gasteiger partial charge on any atom is 0.390 e. The molecular weight excluding hydrogens is 333 g/mol. The second-order valence-electron chi connectivity index (χ2n) is 8.22. The smallest absolute Gasteiger partial charge is 0.316 e. The van der Waals surface area contributed by atoms with Gasteiger partial charge in [-0.3, -0.25) is 9.69 Å². The first-order valence-electron chi connectivity index (χ1n) is 9.36. The minimum absolute atomic E-state index is 0.0900. The molecule has 3 aliphatic heterocycles. The van der Waals surface area contributed by atoms with E-state index in [4.69, 9.17) is 0 Å². The number of rotatable bonds is 2. The number of nitrogens with zero attached hydrogens (tertiary/aromatic N) is 2. The number of ketones is 1. The number of alkyl halides is 3. The summed E-state index contributed by atoms with van der Waals surface area (Å²) < 4.78 is 39.6. The molecule has 2 N–H and O–H groups in total. The number of carbonyl (C=O) groups is 1. The van der Waals surface area contributed by atoms with Crippen LogP contribution in [0.25, 0.3) is 0 Å². The normalized spacial score (nSPS) is 43.3. The van der Waals surface area contributed by atoms with E-state index in [9.17, 15) is 18.0 Å². The van der Waals surface area contributed by atoms with Crippen LogP contribution >= 0.6 is 0 Å². The number of carbonyl (C=O) groups excluding carboxylic acids is 1. The Morgan fingerprint density at radius 2 is 2.12 bits per heavy atom. The van der Waals surface area contributed by atoms with E-state index in [1.165, 1.54) is 0 Å². The minimum Gasteiger partial charge on any atom is -0.316 e. The van der Waals surface area contributed by atoms with Crippen LogP contribution in [-0.4, -0.2) is 66.3 Å². The monoisotopic (exact) mass is 360 g/mol. The van der Waals surface area contributed by atoms with Gasteiger partial charge < -0.3 is 5.32 Å². The van der Waals surface area contributed by atoms with Crippen molar-refractivity contribution in [2.75, 3.05) is 26.7 Å². The van der Waals surface area contributed by atoms with Crippen molar-refractivity contribution in [3.05, 3.63) is 0 Å². The molecule has 5 nitrogen and oxygen atoms in total. The van der Waals surface area contributed by atoms with E-state index in [-0.39, 0.29) is 35.7 Å². The summed E-state index contributed by atoms with van der Waals surface area (Å²) in [5.41, 5.74) is 2.93. The Kier molecular flexibility index (Phi) is 4.38. The van der Waals surface area contributed by atoms with Crippen LogP contribution in [0.2, 0.25) is 0 Å². The number of piperidine rings is 1. The molecule has 5 atom stereocenters. The molecule has 0 aromatic heterocycles. The van der Waals surface area contributed by atoms with Gasteiger partial charge in [-0.25, -0.2) is 10.4 Å². The topological polar surface area (TPSA) is 47.6 Å². The summed E-state index contributed by atoms with van der Waals surface area (Å²) in [6.45, 7) is 2.49. The van der Waals surface area contributed by atoms with E-state index in [1.807, 2.05) is 7.05 Å². The molecule has 4 unspecified atom stereocenters. The van der Waals surface area contributed by atoms with Crippen LogP contribution in [0.15, 0.2) is 0 Å². The van der Waals surface area contributed by atoms with E-state index in [1.54, 1.807) is 0 Å². The summed E-state index contributed by atoms with van der Waals surface area (Å²) in [5.74, 6) is -0.0476. The summed E-state index contributed by atoms with van der Waals surface area (Å²) in [5, 5.41) is 5.52. The van der Waals surface area contributed by atoms with Crippen LogP contribution in [0, 0.1) is 11.8 Å². The third kappa shape index (κ3) is 2.91. The molecule has 3 heterocycles. The van der Waals surface area contributed by atoms with Crippen LogP contribution in [-0.2, 0) is 4.79 Å². The first kappa shape index (κ1) is 17.7. The Hall–Kier alpha value is -0.700. The van der Waals surface area contributed by atoms with E-state index >= 15 is 0 Å². The highest BCUT2D eigenvalue weighted by Crippen LogP contribution is 2.52. The summed E-state index contributed by atoms with van der Waals surface area (Å²) in [7, 11) is 2.05. The fourth-order valence-corrected chi connectivity index (χ4v) is 5.86. The average molecular weight is 360 g/mol. The van der Waals surface area contributed by atoms with Gasteiger partial charge >= 0.3 is 6.18 Å². The van der Waals surface area contributed by atoms with Crippen molar-refractivity contribution in [2.45, 2.75) is 62.4 Å². The maximum atomic E-state index is 13.2. The van der Waals surface area contributed by atoms with E-state index < -0.39 is 18.6 Å². The Morgan fingerprint density at radius 1 is 1.32 bits per heavy atom. The lowest BCUT2D eigenvalue weighted by molar-refractivity contribution is -0.145. The Labute approximate surface area is 146 Å². The van der Waals surface area contributed by atoms with Gasteiger partial charge in [0.15, 0.2) is 0 Å². The van der Waals surface area contributed by atoms with Crippen molar-refractivity contribution in [1.82, 2.24) is 20.7 Å². The quantitative estimate of drug-likeness (QED) is 0.782. The largest absolute Gasteiger partial charge is 0.390 e. The molecule has 4 fully saturated rings. The molecular formula is C17H27F3N4O. The van der Waals surface area contributed by atoms with Gasteiger partial charge in [0, 0.05) is 36.9 Å². The van der Waals surface area contributed by atoms with Crippen molar-refractivity contribution in [2.24, 2.45) is 11.8 Å². The number of likely N-dealkylation sites (tertiary alicyclic amines) is 1. The highest BCUT2D eigenvalue weighted by atomic mass is 19.4. The van der Waals surface area contributed by atoms with Crippen LogP contribution < -0.4 is 10.7 Å². The Morgan fingerprint density at radius 3 is 2.80 bits per heavy atom. The lowest BCUT2D eigenvalue weighted by atomic mass is 9.61. The number of hydrogen-bond acceptors (Lipinski definition) is 5. The average Bonchev–Trinajstić information content (AvgIpc) is 3.06. The van der Waals surface area contributed by atoms with Gasteiger partial charge in [-0.1, -0.05) is 0 Å². The third-order valence-corrected chi connectivity index (χ3v) is 6.83. The molecule has 142 valence electrons. The lowest BCUT2D eigenvalue weighted by Gasteiger charge is -2.54. The zero-order chi connectivity index (χ0) is 17.8. The molecule has 25 heavy (non-hydrogen) atoms. The molecule has 0 aromatic carbocycles. The molecule has 4 rings (SSSR count). The third-order valence-electron chi connectivity index (χ3n) is 6.83. The second-order valence-corrected chi connectivity index (χ2v) is 8.22. The van der Waals surface area contributed by atoms with Gasteiger partial charge in [-0.15, -0.1) is 0 Å². The maximum absolute atomic E-state index is 13.2. The van der Waals surface area contributed by atoms with Gasteiger partial charge in [0.2, 0.25) is 0 Å². The minimum atomic E-state index is -4.22. The highest BCUT2D eigenvalue weighted by molar-refractivity contribution is 5.80. The SMILES string of the molecule is CN1CCC[C@H]1N1NC(CC(F)(F)F)C2CC(=O)CC3CNCCC321. The molecule has 0 radical (unpaired) electrons. The molecule has 1 aliphatic carbocycles. The van der Waals surface area contributed by atoms with Crippen molar-refractivity contribution in [1.29, 1.82) is 0 Å². The molecule has 0 amide bonds. The molecule has 8 heteroatoms. The number of nitrogens with one attached hydrogen (secondary N) is 2. The fraction of sp³-hybridized carbons (Fsp3) is 0.941. The molecule has 4 aliphatic rings. The van der Waals surface area contributed by atoms with Crippen molar-refractivity contribution in [3.63, 3.8) is 0 Å². The van der Waals surface area contributed by atoms with E-state index in [2.05, 4.69) is 20.7 Å². The van der Waals surface area contributed by atoms with Gasteiger partial charge in [0.25, 0.3) is 0 Å². The van der Waals surface area contributed by atoms with Crippen LogP contribution in [0.3, 0.4) is 0 Å². The van der Waals surface area contributed by atoms with E-state index in [0.29, 0.717) is 6.42 Å². The molecule has 0 bridgehead atoms. The predicted octanol–water partition coefficient (Wildman–Crippen LogP) is 1.51. The van der Waals surface area contributed by atoms with Gasteiger partial charge in [-0.05, 0) is 45.3 Å². The zero-order valence-electron chi connectivity index (χ0n) is 14.6. The Balaban J connectivity index is 1.72. The number of halogens is 3. The zero-order valence-corrected chi connectivity index (χ0v) is 14.6. The van der Waals surface area contributed by atoms with Gasteiger partial charge in [0.05, 0.1) is 12.6 Å². The van der Waals surface area contributed by atoms with Gasteiger partial charge in [0.1, 0.15) is 5.78 Å². The molecule has 1 saturated carbocycles. The highest BCUT2D eigenvalue weighted by Gasteiger charge is 2.63. The summed E-state index contributed by atoms with van der Waals surface area (Å²) >= 11 is 0. The number of hydrazine groups is 1. The second kappa shape index (κ2) is 6.18. The predicted molar refractivity (Wildman–Crippen MR) is 86.5 cm³/mol. The standard InChI is InChI=1S/C17H27F3N4O/c1-23-6-2-3-15(23)24-16-4-5-21-10-11(16)7-12(25)8-13(16)14(22-24)9-17(18,19)20/h11,13-15,21-22H,2-10H2,1H3/t11?,13?,14?,15-,16?/m1/s1. The van der Waals surface area contributed by atoms with Gasteiger partial charge in [-0.2, -0.15) is 13.2 Å². The Bertz CT molecular complexity index is 542. The van der Waals surface area contributed by atoms with Crippen molar-refractivity contribution in [3.8, 4) is 0 Å².